The number of rotatable bonds is 6. The lowest BCUT2D eigenvalue weighted by Gasteiger charge is -2.39. The summed E-state index contributed by atoms with van der Waals surface area (Å²) >= 11 is 0. The van der Waals surface area contributed by atoms with Crippen LogP contribution in [-0.4, -0.2) is 73.2 Å². The van der Waals surface area contributed by atoms with Gasteiger partial charge < -0.3 is 10.0 Å². The van der Waals surface area contributed by atoms with E-state index in [4.69, 9.17) is 0 Å². The number of phenolic OH excluding ortho intramolecular Hbond substituents is 1. The molecule has 1 heterocycles. The summed E-state index contributed by atoms with van der Waals surface area (Å²) in [4.78, 5) is 7.39. The molecule has 1 saturated heterocycles. The Morgan fingerprint density at radius 1 is 1.10 bits per heavy atom. The lowest BCUT2D eigenvalue weighted by molar-refractivity contribution is 0.0896. The van der Waals surface area contributed by atoms with E-state index in [1.165, 1.54) is 5.56 Å². The molecule has 1 aromatic rings. The van der Waals surface area contributed by atoms with E-state index < -0.39 is 0 Å². The zero-order valence-corrected chi connectivity index (χ0v) is 13.6. The molecule has 1 fully saturated rings. The zero-order valence-electron chi connectivity index (χ0n) is 13.6. The minimum absolute atomic E-state index is 0.349. The van der Waals surface area contributed by atoms with Crippen LogP contribution in [0.3, 0.4) is 0 Å². The molecule has 1 unspecified atom stereocenters. The van der Waals surface area contributed by atoms with E-state index in [0.717, 1.165) is 45.7 Å². The molecule has 0 saturated carbocycles. The van der Waals surface area contributed by atoms with Gasteiger partial charge in [0.1, 0.15) is 5.75 Å². The van der Waals surface area contributed by atoms with E-state index in [2.05, 4.69) is 47.9 Å². The predicted octanol–water partition coefficient (Wildman–Crippen LogP) is 2.02. The lowest BCUT2D eigenvalue weighted by atomic mass is 10.0. The molecule has 1 aliphatic rings. The van der Waals surface area contributed by atoms with Crippen molar-refractivity contribution in [2.75, 3.05) is 53.4 Å². The molecule has 0 aliphatic carbocycles. The first kappa shape index (κ1) is 16.3. The average Bonchev–Trinajstić information content (AvgIpc) is 2.49. The van der Waals surface area contributed by atoms with Gasteiger partial charge in [0.05, 0.1) is 0 Å². The Bertz CT molecular complexity index is 411. The summed E-state index contributed by atoms with van der Waals surface area (Å²) in [6, 6.07) is 8.18. The van der Waals surface area contributed by atoms with Gasteiger partial charge >= 0.3 is 0 Å². The zero-order chi connectivity index (χ0) is 15.2. The molecule has 118 valence electrons. The van der Waals surface area contributed by atoms with Crippen LogP contribution in [0.5, 0.6) is 5.75 Å². The molecular formula is C17H29N3O. The Morgan fingerprint density at radius 3 is 2.24 bits per heavy atom. The quantitative estimate of drug-likeness (QED) is 0.868. The number of aromatic hydroxyl groups is 1. The van der Waals surface area contributed by atoms with Crippen LogP contribution in [0, 0.1) is 0 Å². The summed E-state index contributed by atoms with van der Waals surface area (Å²) in [5.41, 5.74) is 1.32. The van der Waals surface area contributed by atoms with Crippen molar-refractivity contribution in [3.63, 3.8) is 0 Å². The fraction of sp³-hybridized carbons (Fsp3) is 0.647. The molecule has 4 nitrogen and oxygen atoms in total. The molecule has 2 rings (SSSR count). The second kappa shape index (κ2) is 7.78. The molecule has 21 heavy (non-hydrogen) atoms. The molecular weight excluding hydrogens is 262 g/mol. The van der Waals surface area contributed by atoms with E-state index >= 15 is 0 Å². The van der Waals surface area contributed by atoms with Gasteiger partial charge in [-0.1, -0.05) is 19.1 Å². The first-order valence-corrected chi connectivity index (χ1v) is 8.00. The molecule has 1 atom stereocenters. The topological polar surface area (TPSA) is 30.0 Å². The number of likely N-dealkylation sites (N-methyl/N-ethyl adjacent to an activating group) is 1. The number of nitrogens with zero attached hydrogens (tertiary/aromatic N) is 3. The van der Waals surface area contributed by atoms with Gasteiger partial charge in [-0.05, 0) is 38.2 Å². The van der Waals surface area contributed by atoms with Gasteiger partial charge in [0.15, 0.2) is 0 Å². The van der Waals surface area contributed by atoms with E-state index in [1.54, 1.807) is 12.1 Å². The van der Waals surface area contributed by atoms with Gasteiger partial charge in [0, 0.05) is 45.3 Å². The van der Waals surface area contributed by atoms with Crippen LogP contribution < -0.4 is 0 Å². The Balaban J connectivity index is 1.88. The van der Waals surface area contributed by atoms with Crippen LogP contribution in [0.1, 0.15) is 24.9 Å². The monoisotopic (exact) mass is 291 g/mol. The van der Waals surface area contributed by atoms with Crippen LogP contribution in [0.2, 0.25) is 0 Å². The smallest absolute Gasteiger partial charge is 0.115 e. The van der Waals surface area contributed by atoms with Gasteiger partial charge in [-0.3, -0.25) is 9.80 Å². The van der Waals surface area contributed by atoms with E-state index in [1.807, 2.05) is 0 Å². The molecule has 1 aliphatic heterocycles. The molecule has 0 aromatic heterocycles. The van der Waals surface area contributed by atoms with E-state index in [9.17, 15) is 5.11 Å². The summed E-state index contributed by atoms with van der Waals surface area (Å²) in [6.45, 7) is 9.12. The Kier molecular flexibility index (Phi) is 6.03. The van der Waals surface area contributed by atoms with Crippen LogP contribution in [0.15, 0.2) is 24.3 Å². The van der Waals surface area contributed by atoms with Crippen molar-refractivity contribution in [1.82, 2.24) is 14.7 Å². The van der Waals surface area contributed by atoms with Gasteiger partial charge in [-0.25, -0.2) is 0 Å². The van der Waals surface area contributed by atoms with Crippen LogP contribution in [0.25, 0.3) is 0 Å². The highest BCUT2D eigenvalue weighted by Gasteiger charge is 2.23. The maximum absolute atomic E-state index is 9.44. The summed E-state index contributed by atoms with van der Waals surface area (Å²) in [5, 5.41) is 9.44. The molecule has 0 spiro atoms. The maximum Gasteiger partial charge on any atom is 0.115 e. The van der Waals surface area contributed by atoms with Crippen molar-refractivity contribution in [1.29, 1.82) is 0 Å². The number of piperazine rings is 1. The third-order valence-electron chi connectivity index (χ3n) is 4.38. The highest BCUT2D eigenvalue weighted by molar-refractivity contribution is 5.28. The van der Waals surface area contributed by atoms with Crippen molar-refractivity contribution in [2.45, 2.75) is 19.4 Å². The Hall–Kier alpha value is -1.10. The van der Waals surface area contributed by atoms with Crippen LogP contribution in [-0.2, 0) is 0 Å². The lowest BCUT2D eigenvalue weighted by Crippen LogP contribution is -2.48. The van der Waals surface area contributed by atoms with Gasteiger partial charge in [-0.15, -0.1) is 0 Å². The molecule has 1 N–H and O–H groups in total. The second-order valence-electron chi connectivity index (χ2n) is 6.20. The van der Waals surface area contributed by atoms with Crippen molar-refractivity contribution in [3.05, 3.63) is 29.8 Å². The van der Waals surface area contributed by atoms with Gasteiger partial charge in [0.25, 0.3) is 0 Å². The maximum atomic E-state index is 9.44. The SMILES string of the molecule is CCC(c1ccc(O)cc1)N1CCN(CCN(C)C)CC1. The van der Waals surface area contributed by atoms with Gasteiger partial charge in [-0.2, -0.15) is 0 Å². The van der Waals surface area contributed by atoms with E-state index in [0.29, 0.717) is 11.8 Å². The molecule has 1 aromatic carbocycles. The second-order valence-corrected chi connectivity index (χ2v) is 6.20. The number of benzene rings is 1. The fourth-order valence-corrected chi connectivity index (χ4v) is 3.04. The molecule has 0 bridgehead atoms. The minimum atomic E-state index is 0.349. The fourth-order valence-electron chi connectivity index (χ4n) is 3.04. The minimum Gasteiger partial charge on any atom is -0.508 e. The number of hydrogen-bond acceptors (Lipinski definition) is 4. The normalized spacial score (nSPS) is 19.0. The predicted molar refractivity (Wildman–Crippen MR) is 87.7 cm³/mol. The van der Waals surface area contributed by atoms with Crippen molar-refractivity contribution < 1.29 is 5.11 Å². The summed E-state index contributed by atoms with van der Waals surface area (Å²) in [5.74, 6) is 0.349. The first-order valence-electron chi connectivity index (χ1n) is 8.00. The number of hydrogen-bond donors (Lipinski definition) is 1. The average molecular weight is 291 g/mol. The molecule has 0 radical (unpaired) electrons. The summed E-state index contributed by atoms with van der Waals surface area (Å²) in [6.07, 6.45) is 1.11. The van der Waals surface area contributed by atoms with Crippen LogP contribution >= 0.6 is 0 Å². The van der Waals surface area contributed by atoms with E-state index in [-0.39, 0.29) is 0 Å². The largest absolute Gasteiger partial charge is 0.508 e. The Labute approximate surface area is 129 Å². The molecule has 0 amide bonds. The highest BCUT2D eigenvalue weighted by atomic mass is 16.3. The van der Waals surface area contributed by atoms with Crippen molar-refractivity contribution in [3.8, 4) is 5.75 Å². The van der Waals surface area contributed by atoms with Crippen molar-refractivity contribution >= 4 is 0 Å². The van der Waals surface area contributed by atoms with Gasteiger partial charge in [0.2, 0.25) is 0 Å². The summed E-state index contributed by atoms with van der Waals surface area (Å²) < 4.78 is 0. The van der Waals surface area contributed by atoms with Crippen molar-refractivity contribution in [2.24, 2.45) is 0 Å². The molecule has 4 heteroatoms. The highest BCUT2D eigenvalue weighted by Crippen LogP contribution is 2.26. The standard InChI is InChI=1S/C17H29N3O/c1-4-17(15-5-7-16(21)8-6-15)20-13-11-19(12-14-20)10-9-18(2)3/h5-8,17,21H,4,9-14H2,1-3H3. The summed E-state index contributed by atoms with van der Waals surface area (Å²) in [7, 11) is 4.27. The van der Waals surface area contributed by atoms with Crippen LogP contribution in [0.4, 0.5) is 0 Å². The third-order valence-corrected chi connectivity index (χ3v) is 4.38. The number of phenols is 1. The Morgan fingerprint density at radius 2 is 1.71 bits per heavy atom. The third kappa shape index (κ3) is 4.70. The first-order chi connectivity index (χ1) is 10.1.